The standard InChI is InChI=1S/C21H22F2N6O3/c22-14-3-4-17(23)19(10-14)32-16-5-8-28(9-6-16)20(30)12-25-21(31)18-13-29(27-26-18)15-2-1-7-24-11-15/h1,3-4,7,10-11,13,15-16H,2,5-6,8-9,12H2,(H,25,31). The highest BCUT2D eigenvalue weighted by atomic mass is 19.1. The summed E-state index contributed by atoms with van der Waals surface area (Å²) in [6.45, 7) is 0.603. The Morgan fingerprint density at radius 3 is 2.78 bits per heavy atom. The Bertz CT molecular complexity index is 1050. The summed E-state index contributed by atoms with van der Waals surface area (Å²) in [5.41, 5.74) is 0.116. The summed E-state index contributed by atoms with van der Waals surface area (Å²) in [5, 5.41) is 10.4. The molecule has 0 spiro atoms. The van der Waals surface area contributed by atoms with Crippen molar-refractivity contribution in [3.05, 3.63) is 54.0 Å². The predicted octanol–water partition coefficient (Wildman–Crippen LogP) is 1.89. The highest BCUT2D eigenvalue weighted by Crippen LogP contribution is 2.23. The van der Waals surface area contributed by atoms with Crippen molar-refractivity contribution in [2.45, 2.75) is 31.4 Å². The lowest BCUT2D eigenvalue weighted by atomic mass is 10.1. The zero-order valence-corrected chi connectivity index (χ0v) is 17.2. The molecule has 168 valence electrons. The van der Waals surface area contributed by atoms with Crippen molar-refractivity contribution in [3.63, 3.8) is 0 Å². The van der Waals surface area contributed by atoms with E-state index in [-0.39, 0.29) is 36.0 Å². The molecule has 0 saturated carbocycles. The highest BCUT2D eigenvalue weighted by Gasteiger charge is 2.25. The molecule has 1 aromatic carbocycles. The molecule has 1 aromatic heterocycles. The number of piperidine rings is 1. The number of likely N-dealkylation sites (tertiary alicyclic amines) is 1. The summed E-state index contributed by atoms with van der Waals surface area (Å²) in [7, 11) is 0. The van der Waals surface area contributed by atoms with Gasteiger partial charge in [0.05, 0.1) is 18.8 Å². The molecule has 32 heavy (non-hydrogen) atoms. The average Bonchev–Trinajstić information content (AvgIpc) is 3.31. The molecule has 2 amide bonds. The molecule has 9 nitrogen and oxygen atoms in total. The van der Waals surface area contributed by atoms with Gasteiger partial charge in [-0.1, -0.05) is 11.3 Å². The van der Waals surface area contributed by atoms with Crippen LogP contribution in [0.2, 0.25) is 0 Å². The summed E-state index contributed by atoms with van der Waals surface area (Å²) in [4.78, 5) is 30.4. The molecular weight excluding hydrogens is 422 g/mol. The Balaban J connectivity index is 1.22. The fraction of sp³-hybridized carbons (Fsp3) is 0.381. The molecule has 0 bridgehead atoms. The second-order valence-corrected chi connectivity index (χ2v) is 7.53. The van der Waals surface area contributed by atoms with Crippen molar-refractivity contribution in [2.24, 2.45) is 4.99 Å². The number of aliphatic imine (C=N–C) groups is 1. The van der Waals surface area contributed by atoms with E-state index >= 15 is 0 Å². The van der Waals surface area contributed by atoms with Crippen molar-refractivity contribution in [2.75, 3.05) is 19.6 Å². The summed E-state index contributed by atoms with van der Waals surface area (Å²) < 4.78 is 34.1. The fourth-order valence-electron chi connectivity index (χ4n) is 3.52. The molecule has 2 aliphatic rings. The van der Waals surface area contributed by atoms with E-state index in [2.05, 4.69) is 20.6 Å². The van der Waals surface area contributed by atoms with Crippen LogP contribution in [0.5, 0.6) is 5.75 Å². The highest BCUT2D eigenvalue weighted by molar-refractivity contribution is 5.94. The van der Waals surface area contributed by atoms with Crippen LogP contribution in [0.1, 0.15) is 35.8 Å². The Kier molecular flexibility index (Phi) is 6.52. The summed E-state index contributed by atoms with van der Waals surface area (Å²) in [6, 6.07) is 2.96. The largest absolute Gasteiger partial charge is 0.487 e. The second kappa shape index (κ2) is 9.67. The van der Waals surface area contributed by atoms with Crippen LogP contribution in [0, 0.1) is 11.6 Å². The van der Waals surface area contributed by atoms with Crippen LogP contribution >= 0.6 is 0 Å². The summed E-state index contributed by atoms with van der Waals surface area (Å²) in [6.07, 6.45) is 8.16. The van der Waals surface area contributed by atoms with Crippen molar-refractivity contribution < 1.29 is 23.1 Å². The topological polar surface area (TPSA) is 102 Å². The van der Waals surface area contributed by atoms with Gasteiger partial charge in [0, 0.05) is 44.4 Å². The van der Waals surface area contributed by atoms with E-state index in [1.165, 1.54) is 6.20 Å². The average molecular weight is 444 g/mol. The van der Waals surface area contributed by atoms with E-state index < -0.39 is 17.5 Å². The van der Waals surface area contributed by atoms with Gasteiger partial charge in [0.25, 0.3) is 5.91 Å². The van der Waals surface area contributed by atoms with E-state index in [9.17, 15) is 18.4 Å². The van der Waals surface area contributed by atoms with Gasteiger partial charge in [-0.2, -0.15) is 0 Å². The lowest BCUT2D eigenvalue weighted by molar-refractivity contribution is -0.131. The van der Waals surface area contributed by atoms with Gasteiger partial charge in [0.2, 0.25) is 5.91 Å². The number of nitrogens with zero attached hydrogens (tertiary/aromatic N) is 5. The number of halogens is 2. The van der Waals surface area contributed by atoms with E-state index in [4.69, 9.17) is 4.74 Å². The molecule has 11 heteroatoms. The lowest BCUT2D eigenvalue weighted by Gasteiger charge is -2.32. The SMILES string of the molecule is O=C(NCC(=O)N1CCC(Oc2cc(F)ccc2F)CC1)c1cn(C2C=NC=CC2)nn1. The minimum absolute atomic E-state index is 0.0972. The molecule has 1 N–H and O–H groups in total. The second-order valence-electron chi connectivity index (χ2n) is 7.53. The van der Waals surface area contributed by atoms with Gasteiger partial charge in [-0.05, 0) is 18.6 Å². The van der Waals surface area contributed by atoms with E-state index in [1.54, 1.807) is 22.0 Å². The first-order valence-corrected chi connectivity index (χ1v) is 10.3. The van der Waals surface area contributed by atoms with E-state index in [1.807, 2.05) is 6.08 Å². The number of carbonyl (C=O) groups is 2. The number of ether oxygens (including phenoxy) is 1. The molecular formula is C21H22F2N6O3. The van der Waals surface area contributed by atoms with Gasteiger partial charge in [-0.3, -0.25) is 14.6 Å². The third kappa shape index (κ3) is 5.16. The molecule has 2 aromatic rings. The van der Waals surface area contributed by atoms with Crippen molar-refractivity contribution >= 4 is 18.0 Å². The minimum Gasteiger partial charge on any atom is -0.487 e. The zero-order valence-electron chi connectivity index (χ0n) is 17.2. The number of rotatable bonds is 6. The number of hydrogen-bond acceptors (Lipinski definition) is 6. The smallest absolute Gasteiger partial charge is 0.273 e. The van der Waals surface area contributed by atoms with Crippen molar-refractivity contribution in [1.29, 1.82) is 0 Å². The van der Waals surface area contributed by atoms with Crippen LogP contribution in [0.4, 0.5) is 8.78 Å². The fourth-order valence-corrected chi connectivity index (χ4v) is 3.52. The van der Waals surface area contributed by atoms with Gasteiger partial charge in [0.1, 0.15) is 11.9 Å². The maximum Gasteiger partial charge on any atom is 0.273 e. The number of hydrogen-bond donors (Lipinski definition) is 1. The van der Waals surface area contributed by atoms with Gasteiger partial charge in [-0.25, -0.2) is 13.5 Å². The van der Waals surface area contributed by atoms with Gasteiger partial charge in [-0.15, -0.1) is 5.10 Å². The first-order chi connectivity index (χ1) is 15.5. The Labute approximate surface area is 182 Å². The van der Waals surface area contributed by atoms with Crippen LogP contribution < -0.4 is 10.1 Å². The van der Waals surface area contributed by atoms with E-state index in [0.717, 1.165) is 18.2 Å². The Hall–Kier alpha value is -3.63. The van der Waals surface area contributed by atoms with Crippen LogP contribution in [-0.4, -0.2) is 63.7 Å². The molecule has 3 heterocycles. The number of benzene rings is 1. The molecule has 0 radical (unpaired) electrons. The van der Waals surface area contributed by atoms with Crippen molar-refractivity contribution in [3.8, 4) is 5.75 Å². The summed E-state index contributed by atoms with van der Waals surface area (Å²) >= 11 is 0. The van der Waals surface area contributed by atoms with Crippen LogP contribution in [0.15, 0.2) is 41.7 Å². The maximum absolute atomic E-state index is 13.7. The molecule has 4 rings (SSSR count). The molecule has 1 saturated heterocycles. The number of amides is 2. The molecule has 1 atom stereocenters. The maximum atomic E-state index is 13.7. The normalized spacial score (nSPS) is 18.6. The third-order valence-corrected chi connectivity index (χ3v) is 5.29. The predicted molar refractivity (Wildman–Crippen MR) is 110 cm³/mol. The quantitative estimate of drug-likeness (QED) is 0.733. The molecule has 2 aliphatic heterocycles. The van der Waals surface area contributed by atoms with Gasteiger partial charge < -0.3 is 15.0 Å². The Morgan fingerprint density at radius 1 is 1.22 bits per heavy atom. The first-order valence-electron chi connectivity index (χ1n) is 10.3. The van der Waals surface area contributed by atoms with Gasteiger partial charge >= 0.3 is 0 Å². The minimum atomic E-state index is -0.628. The number of nitrogens with one attached hydrogen (secondary N) is 1. The third-order valence-electron chi connectivity index (χ3n) is 5.29. The number of aromatic nitrogens is 3. The van der Waals surface area contributed by atoms with Crippen LogP contribution in [0.3, 0.4) is 0 Å². The molecule has 1 unspecified atom stereocenters. The van der Waals surface area contributed by atoms with Crippen LogP contribution in [0.25, 0.3) is 0 Å². The van der Waals surface area contributed by atoms with Crippen LogP contribution in [-0.2, 0) is 4.79 Å². The first kappa shape index (κ1) is 21.6. The Morgan fingerprint density at radius 2 is 2.03 bits per heavy atom. The van der Waals surface area contributed by atoms with Gasteiger partial charge in [0.15, 0.2) is 17.3 Å². The number of allylic oxidation sites excluding steroid dienone is 1. The lowest BCUT2D eigenvalue weighted by Crippen LogP contribution is -2.46. The molecule has 1 fully saturated rings. The summed E-state index contributed by atoms with van der Waals surface area (Å²) in [5.74, 6) is -2.07. The zero-order chi connectivity index (χ0) is 22.5. The monoisotopic (exact) mass is 444 g/mol. The molecule has 0 aliphatic carbocycles. The number of carbonyl (C=O) groups excluding carboxylic acids is 2. The van der Waals surface area contributed by atoms with Crippen molar-refractivity contribution in [1.82, 2.24) is 25.2 Å². The van der Waals surface area contributed by atoms with E-state index in [0.29, 0.717) is 32.4 Å².